The van der Waals surface area contributed by atoms with Gasteiger partial charge < -0.3 is 14.5 Å². The molecule has 1 heterocycles. The van der Waals surface area contributed by atoms with Crippen LogP contribution in [0.4, 0.5) is 5.69 Å². The van der Waals surface area contributed by atoms with Crippen molar-refractivity contribution >= 4 is 22.6 Å². The number of aromatic nitrogens is 1. The molecule has 0 amide bonds. The number of ether oxygens (including phenoxy) is 2. The van der Waals surface area contributed by atoms with Gasteiger partial charge in [-0.15, -0.1) is 0 Å². The highest BCUT2D eigenvalue weighted by Crippen LogP contribution is 2.40. The normalized spacial score (nSPS) is 15.7. The molecule has 1 aromatic heterocycles. The number of hydrogen-bond acceptors (Lipinski definition) is 5. The lowest BCUT2D eigenvalue weighted by Gasteiger charge is -2.23. The van der Waals surface area contributed by atoms with E-state index >= 15 is 0 Å². The van der Waals surface area contributed by atoms with E-state index in [4.69, 9.17) is 9.47 Å². The predicted molar refractivity (Wildman–Crippen MR) is 109 cm³/mol. The summed E-state index contributed by atoms with van der Waals surface area (Å²) in [5, 5.41) is 12.2. The summed E-state index contributed by atoms with van der Waals surface area (Å²) in [5.41, 5.74) is 3.96. The third-order valence-corrected chi connectivity index (χ3v) is 5.29. The van der Waals surface area contributed by atoms with E-state index in [1.54, 1.807) is 18.2 Å². The van der Waals surface area contributed by atoms with Gasteiger partial charge in [-0.2, -0.15) is 0 Å². The second kappa shape index (κ2) is 7.58. The Morgan fingerprint density at radius 2 is 2.00 bits per heavy atom. The second-order valence-electron chi connectivity index (χ2n) is 7.24. The summed E-state index contributed by atoms with van der Waals surface area (Å²) in [6.45, 7) is 4.29. The van der Waals surface area contributed by atoms with Crippen LogP contribution in [0.3, 0.4) is 0 Å². The number of aryl methyl sites for hydroxylation is 2. The van der Waals surface area contributed by atoms with Crippen molar-refractivity contribution in [1.29, 1.82) is 0 Å². The molecule has 2 aromatic carbocycles. The summed E-state index contributed by atoms with van der Waals surface area (Å²) < 4.78 is 11.5. The fraction of sp³-hybridized carbons (Fsp3) is 0.318. The molecular weight excluding hydrogens is 372 g/mol. The van der Waals surface area contributed by atoms with Gasteiger partial charge in [-0.3, -0.25) is 10.1 Å². The zero-order valence-electron chi connectivity index (χ0n) is 16.4. The van der Waals surface area contributed by atoms with Crippen LogP contribution < -0.4 is 4.74 Å². The largest absolute Gasteiger partial charge is 0.493 e. The molecule has 7 heteroatoms. The minimum atomic E-state index is -0.394. The molecule has 0 bridgehead atoms. The van der Waals surface area contributed by atoms with Crippen LogP contribution in [0.2, 0.25) is 0 Å². The molecule has 0 radical (unpaired) electrons. The maximum atomic E-state index is 12.5. The Bertz CT molecular complexity index is 1080. The van der Waals surface area contributed by atoms with Gasteiger partial charge in [0.05, 0.1) is 22.5 Å². The Labute approximate surface area is 167 Å². The molecule has 150 valence electrons. The van der Waals surface area contributed by atoms with Crippen LogP contribution in [0.25, 0.3) is 10.9 Å². The monoisotopic (exact) mass is 394 g/mol. The van der Waals surface area contributed by atoms with Crippen molar-refractivity contribution in [3.8, 4) is 5.75 Å². The highest BCUT2D eigenvalue weighted by molar-refractivity contribution is 5.97. The van der Waals surface area contributed by atoms with Crippen LogP contribution >= 0.6 is 0 Å². The Balaban J connectivity index is 1.66. The summed E-state index contributed by atoms with van der Waals surface area (Å²) in [4.78, 5) is 26.8. The minimum Gasteiger partial charge on any atom is -0.493 e. The SMILES string of the molecule is CCOc1ccc([N+](=O)[O-])c2[nH]c3c(c12)CC(OC(=O)c1ccc(C)cc1)CC3. The van der Waals surface area contributed by atoms with Gasteiger partial charge >= 0.3 is 5.97 Å². The molecule has 1 aliphatic rings. The number of esters is 1. The molecular formula is C22H22N2O5. The number of hydrogen-bond donors (Lipinski definition) is 1. The molecule has 1 atom stereocenters. The van der Waals surface area contributed by atoms with Crippen LogP contribution in [0.15, 0.2) is 36.4 Å². The van der Waals surface area contributed by atoms with Crippen molar-refractivity contribution in [2.45, 2.75) is 39.2 Å². The van der Waals surface area contributed by atoms with Gasteiger partial charge in [0.25, 0.3) is 5.69 Å². The number of rotatable bonds is 5. The number of nitro groups is 1. The first-order valence-electron chi connectivity index (χ1n) is 9.69. The summed E-state index contributed by atoms with van der Waals surface area (Å²) in [5.74, 6) is 0.255. The fourth-order valence-corrected chi connectivity index (χ4v) is 3.89. The van der Waals surface area contributed by atoms with Crippen LogP contribution in [0, 0.1) is 17.0 Å². The van der Waals surface area contributed by atoms with Crippen molar-refractivity contribution in [3.05, 3.63) is 68.9 Å². The number of nitrogens with one attached hydrogen (secondary N) is 1. The van der Waals surface area contributed by atoms with Crippen LogP contribution in [-0.2, 0) is 17.6 Å². The molecule has 3 aromatic rings. The lowest BCUT2D eigenvalue weighted by atomic mass is 9.92. The first-order chi connectivity index (χ1) is 14.0. The van der Waals surface area contributed by atoms with Crippen LogP contribution in [-0.4, -0.2) is 28.6 Å². The van der Waals surface area contributed by atoms with Gasteiger partial charge in [-0.05, 0) is 50.5 Å². The first-order valence-corrected chi connectivity index (χ1v) is 9.69. The molecule has 1 N–H and O–H groups in total. The van der Waals surface area contributed by atoms with Crippen molar-refractivity contribution in [3.63, 3.8) is 0 Å². The van der Waals surface area contributed by atoms with Gasteiger partial charge in [-0.25, -0.2) is 4.79 Å². The maximum absolute atomic E-state index is 12.5. The van der Waals surface area contributed by atoms with Gasteiger partial charge in [0.1, 0.15) is 17.4 Å². The molecule has 0 fully saturated rings. The Morgan fingerprint density at radius 1 is 1.24 bits per heavy atom. The highest BCUT2D eigenvalue weighted by atomic mass is 16.6. The van der Waals surface area contributed by atoms with E-state index in [9.17, 15) is 14.9 Å². The zero-order valence-corrected chi connectivity index (χ0v) is 16.4. The van der Waals surface area contributed by atoms with E-state index in [1.165, 1.54) is 6.07 Å². The molecule has 0 saturated carbocycles. The third-order valence-electron chi connectivity index (χ3n) is 5.29. The predicted octanol–water partition coefficient (Wildman–Crippen LogP) is 4.50. The van der Waals surface area contributed by atoms with Gasteiger partial charge in [0, 0.05) is 18.2 Å². The van der Waals surface area contributed by atoms with E-state index in [1.807, 2.05) is 26.0 Å². The summed E-state index contributed by atoms with van der Waals surface area (Å²) in [7, 11) is 0. The number of aromatic amines is 1. The van der Waals surface area contributed by atoms with E-state index < -0.39 is 4.92 Å². The Morgan fingerprint density at radius 3 is 2.69 bits per heavy atom. The first kappa shape index (κ1) is 19.0. The Kier molecular flexibility index (Phi) is 4.96. The number of nitrogens with zero attached hydrogens (tertiary/aromatic N) is 1. The maximum Gasteiger partial charge on any atom is 0.338 e. The lowest BCUT2D eigenvalue weighted by Crippen LogP contribution is -2.25. The minimum absolute atomic E-state index is 0.0195. The topological polar surface area (TPSA) is 94.5 Å². The number of nitro benzene ring substituents is 1. The number of carbonyl (C=O) groups excluding carboxylic acids is 1. The lowest BCUT2D eigenvalue weighted by molar-refractivity contribution is -0.383. The molecule has 0 saturated heterocycles. The van der Waals surface area contributed by atoms with Gasteiger partial charge in [-0.1, -0.05) is 17.7 Å². The second-order valence-corrected chi connectivity index (χ2v) is 7.24. The van der Waals surface area contributed by atoms with Crippen LogP contribution in [0.1, 0.15) is 40.5 Å². The van der Waals surface area contributed by atoms with Crippen molar-refractivity contribution < 1.29 is 19.2 Å². The van der Waals surface area contributed by atoms with Gasteiger partial charge in [0.2, 0.25) is 0 Å². The standard InChI is InChI=1S/C22H22N2O5/c1-3-28-19-11-10-18(24(26)27)21-20(19)16-12-15(8-9-17(16)23-21)29-22(25)14-6-4-13(2)5-7-14/h4-7,10-11,15,23H,3,8-9,12H2,1-2H3. The molecule has 0 aliphatic heterocycles. The number of non-ortho nitro benzene ring substituents is 1. The molecule has 4 rings (SSSR count). The smallest absolute Gasteiger partial charge is 0.338 e. The summed E-state index contributed by atoms with van der Waals surface area (Å²) >= 11 is 0. The third kappa shape index (κ3) is 3.55. The van der Waals surface area contributed by atoms with E-state index in [0.717, 1.165) is 16.8 Å². The van der Waals surface area contributed by atoms with Crippen molar-refractivity contribution in [2.75, 3.05) is 6.61 Å². The quantitative estimate of drug-likeness (QED) is 0.391. The number of carbonyl (C=O) groups is 1. The average Bonchev–Trinajstić information content (AvgIpc) is 3.07. The van der Waals surface area contributed by atoms with E-state index in [-0.39, 0.29) is 17.8 Å². The number of H-pyrrole nitrogens is 1. The Hall–Kier alpha value is -3.35. The highest BCUT2D eigenvalue weighted by Gasteiger charge is 2.29. The fourth-order valence-electron chi connectivity index (χ4n) is 3.89. The van der Waals surface area contributed by atoms with Crippen molar-refractivity contribution in [2.24, 2.45) is 0 Å². The molecule has 29 heavy (non-hydrogen) atoms. The number of fused-ring (bicyclic) bond motifs is 3. The van der Waals surface area contributed by atoms with Crippen LogP contribution in [0.5, 0.6) is 5.75 Å². The molecule has 0 spiro atoms. The summed E-state index contributed by atoms with van der Waals surface area (Å²) in [6, 6.07) is 10.4. The summed E-state index contributed by atoms with van der Waals surface area (Å²) in [6.07, 6.45) is 1.52. The molecule has 1 aliphatic carbocycles. The van der Waals surface area contributed by atoms with Gasteiger partial charge in [0.15, 0.2) is 0 Å². The van der Waals surface area contributed by atoms with E-state index in [2.05, 4.69) is 4.98 Å². The molecule has 1 unspecified atom stereocenters. The number of benzene rings is 2. The van der Waals surface area contributed by atoms with Crippen molar-refractivity contribution in [1.82, 2.24) is 4.98 Å². The zero-order chi connectivity index (χ0) is 20.5. The van der Waals surface area contributed by atoms with E-state index in [0.29, 0.717) is 48.1 Å². The molecule has 7 nitrogen and oxygen atoms in total. The average molecular weight is 394 g/mol.